The van der Waals surface area contributed by atoms with Gasteiger partial charge in [0.05, 0.1) is 17.2 Å². The summed E-state index contributed by atoms with van der Waals surface area (Å²) in [4.78, 5) is 4.45. The van der Waals surface area contributed by atoms with E-state index in [0.29, 0.717) is 6.04 Å². The minimum absolute atomic E-state index is 0.482. The van der Waals surface area contributed by atoms with Gasteiger partial charge in [-0.05, 0) is 50.5 Å². The summed E-state index contributed by atoms with van der Waals surface area (Å²) in [5, 5.41) is 5.62. The van der Waals surface area contributed by atoms with Crippen molar-refractivity contribution in [1.82, 2.24) is 10.3 Å². The third-order valence-electron chi connectivity index (χ3n) is 4.58. The standard InChI is InChI=1S/C13H20N2S/c1-14-12(13-7-16-8-15-13)6-11-5-9-2-3-10(11)4-9/h7-12,14H,2-6H2,1H3. The molecule has 2 nitrogen and oxygen atoms in total. The lowest BCUT2D eigenvalue weighted by atomic mass is 9.84. The summed E-state index contributed by atoms with van der Waals surface area (Å²) < 4.78 is 0. The molecule has 88 valence electrons. The highest BCUT2D eigenvalue weighted by molar-refractivity contribution is 7.07. The second kappa shape index (κ2) is 4.46. The molecule has 16 heavy (non-hydrogen) atoms. The van der Waals surface area contributed by atoms with Crippen molar-refractivity contribution in [2.45, 2.75) is 38.1 Å². The molecule has 0 radical (unpaired) electrons. The quantitative estimate of drug-likeness (QED) is 0.868. The lowest BCUT2D eigenvalue weighted by molar-refractivity contribution is 0.282. The molecular formula is C13H20N2S. The van der Waals surface area contributed by atoms with E-state index < -0.39 is 0 Å². The number of fused-ring (bicyclic) bond motifs is 2. The van der Waals surface area contributed by atoms with Crippen LogP contribution in [0.4, 0.5) is 0 Å². The number of nitrogens with zero attached hydrogens (tertiary/aromatic N) is 1. The summed E-state index contributed by atoms with van der Waals surface area (Å²) in [5.74, 6) is 3.04. The molecule has 1 aromatic heterocycles. The molecule has 2 bridgehead atoms. The third kappa shape index (κ3) is 1.91. The Morgan fingerprint density at radius 1 is 1.50 bits per heavy atom. The molecule has 1 N–H and O–H groups in total. The fourth-order valence-corrected chi connectivity index (χ4v) is 4.36. The van der Waals surface area contributed by atoms with E-state index in [-0.39, 0.29) is 0 Å². The highest BCUT2D eigenvalue weighted by atomic mass is 32.1. The first-order valence-electron chi connectivity index (χ1n) is 6.42. The van der Waals surface area contributed by atoms with Crippen LogP contribution in [0.25, 0.3) is 0 Å². The van der Waals surface area contributed by atoms with E-state index in [1.807, 2.05) is 5.51 Å². The van der Waals surface area contributed by atoms with Gasteiger partial charge in [0.15, 0.2) is 0 Å². The number of aromatic nitrogens is 1. The molecule has 2 saturated carbocycles. The molecule has 0 aliphatic heterocycles. The summed E-state index contributed by atoms with van der Waals surface area (Å²) in [7, 11) is 2.07. The Morgan fingerprint density at radius 3 is 3.00 bits per heavy atom. The van der Waals surface area contributed by atoms with E-state index in [2.05, 4.69) is 22.7 Å². The van der Waals surface area contributed by atoms with Gasteiger partial charge in [-0.3, -0.25) is 0 Å². The number of nitrogens with one attached hydrogen (secondary N) is 1. The Morgan fingerprint density at radius 2 is 2.44 bits per heavy atom. The van der Waals surface area contributed by atoms with Gasteiger partial charge in [-0.1, -0.05) is 6.42 Å². The molecule has 0 spiro atoms. The minimum Gasteiger partial charge on any atom is -0.312 e. The zero-order valence-electron chi connectivity index (χ0n) is 9.86. The molecule has 3 rings (SSSR count). The number of hydrogen-bond acceptors (Lipinski definition) is 3. The van der Waals surface area contributed by atoms with Crippen molar-refractivity contribution in [3.05, 3.63) is 16.6 Å². The number of thiazole rings is 1. The van der Waals surface area contributed by atoms with E-state index in [9.17, 15) is 0 Å². The maximum absolute atomic E-state index is 4.45. The van der Waals surface area contributed by atoms with Crippen LogP contribution in [0, 0.1) is 17.8 Å². The lowest BCUT2D eigenvalue weighted by Crippen LogP contribution is -2.22. The van der Waals surface area contributed by atoms with Crippen LogP contribution in [-0.2, 0) is 0 Å². The first-order chi connectivity index (χ1) is 7.86. The smallest absolute Gasteiger partial charge is 0.0795 e. The van der Waals surface area contributed by atoms with Gasteiger partial charge in [0, 0.05) is 5.38 Å². The minimum atomic E-state index is 0.482. The van der Waals surface area contributed by atoms with Crippen molar-refractivity contribution in [3.63, 3.8) is 0 Å². The van der Waals surface area contributed by atoms with Crippen molar-refractivity contribution in [2.75, 3.05) is 7.05 Å². The SMILES string of the molecule is CNC(CC1CC2CCC1C2)c1cscn1. The van der Waals surface area contributed by atoms with Gasteiger partial charge in [-0.25, -0.2) is 4.98 Å². The van der Waals surface area contributed by atoms with Gasteiger partial charge in [-0.15, -0.1) is 11.3 Å². The van der Waals surface area contributed by atoms with Crippen LogP contribution in [0.15, 0.2) is 10.9 Å². The number of rotatable bonds is 4. The highest BCUT2D eigenvalue weighted by Gasteiger charge is 2.40. The molecular weight excluding hydrogens is 216 g/mol. The topological polar surface area (TPSA) is 24.9 Å². The summed E-state index contributed by atoms with van der Waals surface area (Å²) in [6.45, 7) is 0. The van der Waals surface area contributed by atoms with Crippen LogP contribution in [0.5, 0.6) is 0 Å². The van der Waals surface area contributed by atoms with Gasteiger partial charge in [-0.2, -0.15) is 0 Å². The molecule has 4 unspecified atom stereocenters. The molecule has 0 aromatic carbocycles. The molecule has 1 aromatic rings. The number of hydrogen-bond donors (Lipinski definition) is 1. The average molecular weight is 236 g/mol. The maximum Gasteiger partial charge on any atom is 0.0795 e. The predicted molar refractivity (Wildman–Crippen MR) is 67.5 cm³/mol. The van der Waals surface area contributed by atoms with Crippen molar-refractivity contribution < 1.29 is 0 Å². The zero-order valence-corrected chi connectivity index (χ0v) is 10.7. The summed E-state index contributed by atoms with van der Waals surface area (Å²) in [6, 6.07) is 0.482. The van der Waals surface area contributed by atoms with E-state index in [1.54, 1.807) is 11.3 Å². The second-order valence-corrected chi connectivity index (χ2v) is 6.14. The predicted octanol–water partition coefficient (Wildman–Crippen LogP) is 3.23. The van der Waals surface area contributed by atoms with Gasteiger partial charge in [0.25, 0.3) is 0 Å². The van der Waals surface area contributed by atoms with Crippen molar-refractivity contribution in [1.29, 1.82) is 0 Å². The van der Waals surface area contributed by atoms with Gasteiger partial charge in [0.2, 0.25) is 0 Å². The van der Waals surface area contributed by atoms with Gasteiger partial charge < -0.3 is 5.32 Å². The average Bonchev–Trinajstić information content (AvgIpc) is 3.01. The van der Waals surface area contributed by atoms with Crippen LogP contribution in [-0.4, -0.2) is 12.0 Å². The van der Waals surface area contributed by atoms with Crippen LogP contribution < -0.4 is 5.32 Å². The van der Waals surface area contributed by atoms with Crippen LogP contribution in [0.1, 0.15) is 43.8 Å². The van der Waals surface area contributed by atoms with E-state index in [1.165, 1.54) is 37.8 Å². The maximum atomic E-state index is 4.45. The monoisotopic (exact) mass is 236 g/mol. The summed E-state index contributed by atoms with van der Waals surface area (Å²) in [5.41, 5.74) is 3.19. The highest BCUT2D eigenvalue weighted by Crippen LogP contribution is 2.50. The van der Waals surface area contributed by atoms with Gasteiger partial charge in [0.1, 0.15) is 0 Å². The second-order valence-electron chi connectivity index (χ2n) is 5.43. The first-order valence-corrected chi connectivity index (χ1v) is 7.36. The molecule has 1 heterocycles. The molecule has 3 heteroatoms. The Balaban J connectivity index is 1.65. The summed E-state index contributed by atoms with van der Waals surface area (Å²) in [6.07, 6.45) is 7.28. The van der Waals surface area contributed by atoms with Crippen molar-refractivity contribution >= 4 is 11.3 Å². The van der Waals surface area contributed by atoms with Crippen LogP contribution in [0.3, 0.4) is 0 Å². The molecule has 2 fully saturated rings. The van der Waals surface area contributed by atoms with E-state index in [0.717, 1.165) is 17.8 Å². The molecule has 0 saturated heterocycles. The third-order valence-corrected chi connectivity index (χ3v) is 5.18. The first kappa shape index (κ1) is 10.7. The Bertz CT molecular complexity index is 336. The fourth-order valence-electron chi connectivity index (χ4n) is 3.75. The van der Waals surface area contributed by atoms with Crippen molar-refractivity contribution in [3.8, 4) is 0 Å². The largest absolute Gasteiger partial charge is 0.312 e. The van der Waals surface area contributed by atoms with Crippen molar-refractivity contribution in [2.24, 2.45) is 17.8 Å². The molecule has 2 aliphatic carbocycles. The van der Waals surface area contributed by atoms with Crippen LogP contribution in [0.2, 0.25) is 0 Å². The van der Waals surface area contributed by atoms with Crippen LogP contribution >= 0.6 is 11.3 Å². The normalized spacial score (nSPS) is 34.4. The van der Waals surface area contributed by atoms with Gasteiger partial charge >= 0.3 is 0 Å². The Hall–Kier alpha value is -0.410. The summed E-state index contributed by atoms with van der Waals surface area (Å²) >= 11 is 1.71. The zero-order chi connectivity index (χ0) is 11.0. The molecule has 2 aliphatic rings. The fraction of sp³-hybridized carbons (Fsp3) is 0.769. The molecule has 0 amide bonds. The van der Waals surface area contributed by atoms with E-state index in [4.69, 9.17) is 0 Å². The molecule has 4 atom stereocenters. The lowest BCUT2D eigenvalue weighted by Gasteiger charge is -2.25. The Kier molecular flexibility index (Phi) is 2.99. The van der Waals surface area contributed by atoms with E-state index >= 15 is 0 Å². The Labute approximate surface area is 101 Å².